The molecule has 1 heterocycles. The zero-order valence-corrected chi connectivity index (χ0v) is 13.2. The Bertz CT molecular complexity index is 359. The smallest absolute Gasteiger partial charge is 0.0912 e. The van der Waals surface area contributed by atoms with Crippen molar-refractivity contribution < 1.29 is 4.39 Å². The highest BCUT2D eigenvalue weighted by Crippen LogP contribution is 2.26. The number of halogens is 3. The molecule has 2 nitrogen and oxygen atoms in total. The minimum Gasteiger partial charge on any atom is -0.314 e. The lowest BCUT2D eigenvalue weighted by atomic mass is 10.0. The molecule has 1 atom stereocenters. The van der Waals surface area contributed by atoms with Gasteiger partial charge in [0.05, 0.1) is 6.67 Å². The van der Waals surface area contributed by atoms with Crippen LogP contribution in [0.25, 0.3) is 0 Å². The van der Waals surface area contributed by atoms with Gasteiger partial charge in [0.1, 0.15) is 0 Å². The third-order valence-corrected chi connectivity index (χ3v) is 3.88. The first-order valence-corrected chi connectivity index (χ1v) is 7.15. The summed E-state index contributed by atoms with van der Waals surface area (Å²) in [7, 11) is 0. The molecule has 1 aromatic rings. The average molecular weight is 385 g/mol. The molecule has 0 spiro atoms. The van der Waals surface area contributed by atoms with E-state index in [0.717, 1.165) is 26.2 Å². The van der Waals surface area contributed by atoms with Crippen LogP contribution in [0.3, 0.4) is 0 Å². The Morgan fingerprint density at radius 2 is 2.06 bits per heavy atom. The van der Waals surface area contributed by atoms with Gasteiger partial charge in [-0.05, 0) is 46.7 Å². The zero-order chi connectivity index (χ0) is 12.1. The molecule has 0 radical (unpaired) electrons. The predicted octanol–water partition coefficient (Wildman–Crippen LogP) is 3.02. The quantitative estimate of drug-likeness (QED) is 0.803. The van der Waals surface area contributed by atoms with E-state index in [2.05, 4.69) is 57.1 Å². The monoisotopic (exact) mass is 384 g/mol. The summed E-state index contributed by atoms with van der Waals surface area (Å²) in [5.41, 5.74) is 1.25. The molecule has 0 aromatic heterocycles. The van der Waals surface area contributed by atoms with Crippen LogP contribution in [0.15, 0.2) is 24.3 Å². The zero-order valence-electron chi connectivity index (χ0n) is 10.2. The fraction of sp³-hybridized carbons (Fsp3) is 0.538. The Morgan fingerprint density at radius 1 is 1.33 bits per heavy atom. The SMILES string of the molecule is Cl.FCC[C@H](c1cccc(I)c1)N1CCNCC1. The number of nitrogens with one attached hydrogen (secondary N) is 1. The van der Waals surface area contributed by atoms with Gasteiger partial charge in [-0.1, -0.05) is 12.1 Å². The summed E-state index contributed by atoms with van der Waals surface area (Å²) in [4.78, 5) is 2.39. The number of piperazine rings is 1. The minimum absolute atomic E-state index is 0. The first-order chi connectivity index (χ1) is 8.31. The maximum absolute atomic E-state index is 12.7. The van der Waals surface area contributed by atoms with Crippen LogP contribution < -0.4 is 5.32 Å². The second kappa shape index (κ2) is 8.30. The predicted molar refractivity (Wildman–Crippen MR) is 84.2 cm³/mol. The number of alkyl halides is 1. The van der Waals surface area contributed by atoms with Gasteiger partial charge in [-0.25, -0.2) is 0 Å². The van der Waals surface area contributed by atoms with E-state index < -0.39 is 0 Å². The fourth-order valence-corrected chi connectivity index (χ4v) is 2.94. The van der Waals surface area contributed by atoms with E-state index in [0.29, 0.717) is 6.42 Å². The van der Waals surface area contributed by atoms with Crippen molar-refractivity contribution in [2.45, 2.75) is 12.5 Å². The van der Waals surface area contributed by atoms with Crippen LogP contribution in [-0.4, -0.2) is 37.8 Å². The summed E-state index contributed by atoms with van der Waals surface area (Å²) >= 11 is 2.31. The number of benzene rings is 1. The maximum Gasteiger partial charge on any atom is 0.0912 e. The largest absolute Gasteiger partial charge is 0.314 e. The summed E-state index contributed by atoms with van der Waals surface area (Å²) in [6.45, 7) is 3.78. The van der Waals surface area contributed by atoms with Crippen molar-refractivity contribution in [3.63, 3.8) is 0 Å². The Hall–Kier alpha value is 0.0900. The summed E-state index contributed by atoms with van der Waals surface area (Å²) in [6, 6.07) is 8.66. The fourth-order valence-electron chi connectivity index (χ4n) is 2.37. The van der Waals surface area contributed by atoms with Crippen molar-refractivity contribution in [2.75, 3.05) is 32.9 Å². The third kappa shape index (κ3) is 4.33. The average Bonchev–Trinajstić information content (AvgIpc) is 2.37. The molecule has 102 valence electrons. The molecule has 0 unspecified atom stereocenters. The van der Waals surface area contributed by atoms with Gasteiger partial charge in [-0.3, -0.25) is 9.29 Å². The van der Waals surface area contributed by atoms with Crippen LogP contribution in [0.4, 0.5) is 4.39 Å². The second-order valence-corrected chi connectivity index (χ2v) is 5.58. The van der Waals surface area contributed by atoms with E-state index in [-0.39, 0.29) is 25.1 Å². The molecule has 2 rings (SSSR count). The van der Waals surface area contributed by atoms with Gasteiger partial charge >= 0.3 is 0 Å². The Balaban J connectivity index is 0.00000162. The van der Waals surface area contributed by atoms with Crippen LogP contribution in [0, 0.1) is 3.57 Å². The number of hydrogen-bond acceptors (Lipinski definition) is 2. The molecule has 1 aromatic carbocycles. The van der Waals surface area contributed by atoms with Gasteiger partial charge in [0, 0.05) is 35.8 Å². The molecule has 1 aliphatic heterocycles. The van der Waals surface area contributed by atoms with E-state index >= 15 is 0 Å². The summed E-state index contributed by atoms with van der Waals surface area (Å²) in [5.74, 6) is 0. The lowest BCUT2D eigenvalue weighted by Gasteiger charge is -2.35. The molecule has 0 amide bonds. The van der Waals surface area contributed by atoms with Gasteiger partial charge in [-0.2, -0.15) is 0 Å². The summed E-state index contributed by atoms with van der Waals surface area (Å²) in [5, 5.41) is 3.34. The Kier molecular flexibility index (Phi) is 7.44. The van der Waals surface area contributed by atoms with Crippen LogP contribution in [0.1, 0.15) is 18.0 Å². The molecular weight excluding hydrogens is 366 g/mol. The second-order valence-electron chi connectivity index (χ2n) is 4.33. The standard InChI is InChI=1S/C13H18FIN2.ClH/c14-5-4-13(17-8-6-16-7-9-17)11-2-1-3-12(15)10-11;/h1-3,10,13,16H,4-9H2;1H/t13-;/m1./s1. The molecule has 1 fully saturated rings. The maximum atomic E-state index is 12.7. The number of rotatable bonds is 4. The molecule has 1 aliphatic rings. The normalized spacial score (nSPS) is 18.1. The van der Waals surface area contributed by atoms with Crippen LogP contribution in [-0.2, 0) is 0 Å². The van der Waals surface area contributed by atoms with Crippen molar-refractivity contribution in [1.82, 2.24) is 10.2 Å². The molecule has 1 N–H and O–H groups in total. The van der Waals surface area contributed by atoms with Crippen LogP contribution in [0.2, 0.25) is 0 Å². The third-order valence-electron chi connectivity index (χ3n) is 3.21. The van der Waals surface area contributed by atoms with Crippen molar-refractivity contribution in [3.05, 3.63) is 33.4 Å². The Morgan fingerprint density at radius 3 is 2.67 bits per heavy atom. The van der Waals surface area contributed by atoms with E-state index in [1.165, 1.54) is 9.13 Å². The minimum atomic E-state index is -0.250. The first kappa shape index (κ1) is 16.1. The van der Waals surface area contributed by atoms with Gasteiger partial charge in [0.2, 0.25) is 0 Å². The first-order valence-electron chi connectivity index (χ1n) is 6.07. The van der Waals surface area contributed by atoms with E-state index in [1.54, 1.807) is 0 Å². The summed E-state index contributed by atoms with van der Waals surface area (Å²) in [6.07, 6.45) is 0.597. The van der Waals surface area contributed by atoms with Gasteiger partial charge in [0.15, 0.2) is 0 Å². The van der Waals surface area contributed by atoms with Crippen molar-refractivity contribution in [1.29, 1.82) is 0 Å². The van der Waals surface area contributed by atoms with E-state index in [4.69, 9.17) is 0 Å². The highest BCUT2D eigenvalue weighted by molar-refractivity contribution is 14.1. The van der Waals surface area contributed by atoms with E-state index in [1.807, 2.05) is 0 Å². The van der Waals surface area contributed by atoms with Crippen molar-refractivity contribution in [2.24, 2.45) is 0 Å². The molecule has 0 bridgehead atoms. The topological polar surface area (TPSA) is 15.3 Å². The molecule has 18 heavy (non-hydrogen) atoms. The molecule has 0 saturated carbocycles. The molecule has 5 heteroatoms. The summed E-state index contributed by atoms with van der Waals surface area (Å²) < 4.78 is 14.0. The highest BCUT2D eigenvalue weighted by Gasteiger charge is 2.21. The van der Waals surface area contributed by atoms with Gasteiger partial charge in [-0.15, -0.1) is 12.4 Å². The van der Waals surface area contributed by atoms with Crippen LogP contribution in [0.5, 0.6) is 0 Å². The van der Waals surface area contributed by atoms with E-state index in [9.17, 15) is 4.39 Å². The molecular formula is C13H19ClFIN2. The lowest BCUT2D eigenvalue weighted by Crippen LogP contribution is -2.45. The number of nitrogens with zero attached hydrogens (tertiary/aromatic N) is 1. The van der Waals surface area contributed by atoms with Crippen molar-refractivity contribution >= 4 is 35.0 Å². The van der Waals surface area contributed by atoms with Crippen molar-refractivity contribution in [3.8, 4) is 0 Å². The van der Waals surface area contributed by atoms with Gasteiger partial charge in [0.25, 0.3) is 0 Å². The molecule has 1 saturated heterocycles. The van der Waals surface area contributed by atoms with Gasteiger partial charge < -0.3 is 5.32 Å². The lowest BCUT2D eigenvalue weighted by molar-refractivity contribution is 0.157. The van der Waals surface area contributed by atoms with Crippen LogP contribution >= 0.6 is 35.0 Å². The molecule has 0 aliphatic carbocycles. The Labute approximate surface area is 128 Å². The highest BCUT2D eigenvalue weighted by atomic mass is 127. The number of hydrogen-bond donors (Lipinski definition) is 1.